The second kappa shape index (κ2) is 8.49. The first-order chi connectivity index (χ1) is 18.0. The van der Waals surface area contributed by atoms with E-state index >= 15 is 0 Å². The van der Waals surface area contributed by atoms with Crippen LogP contribution in [0.2, 0.25) is 5.02 Å². The van der Waals surface area contributed by atoms with Crippen LogP contribution < -0.4 is 21.1 Å². The third-order valence-electron chi connectivity index (χ3n) is 8.41. The zero-order chi connectivity index (χ0) is 25.3. The average Bonchev–Trinajstić information content (AvgIpc) is 3.62. The summed E-state index contributed by atoms with van der Waals surface area (Å²) >= 11 is 6.18. The van der Waals surface area contributed by atoms with Crippen LogP contribution in [0.3, 0.4) is 0 Å². The molecule has 9 nitrogen and oxygen atoms in total. The summed E-state index contributed by atoms with van der Waals surface area (Å²) in [5.41, 5.74) is 12.4. The van der Waals surface area contributed by atoms with Crippen molar-refractivity contribution in [1.82, 2.24) is 20.3 Å². The van der Waals surface area contributed by atoms with Gasteiger partial charge >= 0.3 is 0 Å². The van der Waals surface area contributed by atoms with Crippen LogP contribution in [-0.4, -0.2) is 59.4 Å². The van der Waals surface area contributed by atoms with Crippen molar-refractivity contribution in [2.24, 2.45) is 23.7 Å². The summed E-state index contributed by atoms with van der Waals surface area (Å²) in [6.07, 6.45) is 0. The zero-order valence-electron chi connectivity index (χ0n) is 20.3. The normalized spacial score (nSPS) is 25.1. The number of rotatable bonds is 4. The molecule has 0 unspecified atom stereocenters. The summed E-state index contributed by atoms with van der Waals surface area (Å²) in [4.78, 5) is 35.3. The number of pyridine rings is 1. The molecule has 7 rings (SSSR count). The van der Waals surface area contributed by atoms with Crippen LogP contribution in [0.15, 0.2) is 42.5 Å². The highest BCUT2D eigenvalue weighted by atomic mass is 35.5. The molecule has 2 amide bonds. The Morgan fingerprint density at radius 1 is 0.919 bits per heavy atom. The van der Waals surface area contributed by atoms with Crippen LogP contribution >= 0.6 is 11.6 Å². The van der Waals surface area contributed by atoms with Crippen LogP contribution in [0.4, 0.5) is 11.4 Å². The first kappa shape index (κ1) is 22.6. The standard InChI is InChI=1S/C27H27ClN6O3/c1-2-37-25-9-24(29-21-6-4-15(28)8-16(21)25)27(36)34-12-19-17-10-33(11-18(17)20(19)13-34)26(35)14-3-5-22-23(7-14)31-32-30-22/h3-9,17-20,30-32H,2,10-13H2,1H3/t17-,18+,19+,20-. The first-order valence-electron chi connectivity index (χ1n) is 12.7. The summed E-state index contributed by atoms with van der Waals surface area (Å²) in [6.45, 7) is 5.31. The summed E-state index contributed by atoms with van der Waals surface area (Å²) < 4.78 is 5.82. The molecule has 190 valence electrons. The van der Waals surface area contributed by atoms with Gasteiger partial charge in [-0.05, 0) is 67.0 Å². The molecule has 0 radical (unpaired) electrons. The van der Waals surface area contributed by atoms with E-state index in [0.29, 0.717) is 70.9 Å². The highest BCUT2D eigenvalue weighted by Gasteiger charge is 2.59. The Labute approximate surface area is 219 Å². The molecule has 2 saturated heterocycles. The number of hydrogen-bond donors (Lipinski definition) is 3. The van der Waals surface area contributed by atoms with Gasteiger partial charge in [0.25, 0.3) is 11.8 Å². The Balaban J connectivity index is 1.05. The predicted octanol–water partition coefficient (Wildman–Crippen LogP) is 3.63. The number of carbonyl (C=O) groups excluding carboxylic acids is 2. The van der Waals surface area contributed by atoms with E-state index in [1.165, 1.54) is 0 Å². The van der Waals surface area contributed by atoms with E-state index in [1.807, 2.05) is 47.1 Å². The Morgan fingerprint density at radius 2 is 1.59 bits per heavy atom. The van der Waals surface area contributed by atoms with Gasteiger partial charge in [0.1, 0.15) is 11.4 Å². The Hall–Kier alpha value is -3.56. The molecular weight excluding hydrogens is 492 g/mol. The minimum atomic E-state index is -0.0638. The van der Waals surface area contributed by atoms with Crippen LogP contribution in [0, 0.1) is 23.7 Å². The van der Waals surface area contributed by atoms with Crippen molar-refractivity contribution in [2.45, 2.75) is 6.92 Å². The average molecular weight is 519 g/mol. The Morgan fingerprint density at radius 3 is 2.30 bits per heavy atom. The maximum absolute atomic E-state index is 13.5. The Kier molecular flexibility index (Phi) is 5.19. The number of likely N-dealkylation sites (tertiary alicyclic amines) is 2. The lowest BCUT2D eigenvalue weighted by molar-refractivity contribution is 0.0629. The quantitative estimate of drug-likeness (QED) is 0.485. The SMILES string of the molecule is CCOc1cc(C(=O)N2C[C@@H]3[C@H]4CN(C(=O)c5ccc6c(c5)NNN6)C[C@H]4[C@@H]3C2)nc2ccc(Cl)cc12. The number of benzene rings is 2. The molecule has 10 heteroatoms. The van der Waals surface area contributed by atoms with E-state index in [0.717, 1.165) is 29.9 Å². The molecular formula is C27H27ClN6O3. The van der Waals surface area contributed by atoms with E-state index in [1.54, 1.807) is 12.1 Å². The number of hydrazine groups is 2. The van der Waals surface area contributed by atoms with Gasteiger partial charge in [-0.15, -0.1) is 5.53 Å². The van der Waals surface area contributed by atoms with Crippen molar-refractivity contribution < 1.29 is 14.3 Å². The highest BCUT2D eigenvalue weighted by molar-refractivity contribution is 6.31. The molecule has 2 aromatic carbocycles. The lowest BCUT2D eigenvalue weighted by atomic mass is 9.60. The lowest BCUT2D eigenvalue weighted by Crippen LogP contribution is -2.44. The number of nitrogens with one attached hydrogen (secondary N) is 3. The third-order valence-corrected chi connectivity index (χ3v) is 8.65. The number of aromatic nitrogens is 1. The fraction of sp³-hybridized carbons (Fsp3) is 0.370. The van der Waals surface area contributed by atoms with E-state index in [2.05, 4.69) is 21.4 Å². The fourth-order valence-corrected chi connectivity index (χ4v) is 6.83. The molecule has 4 atom stereocenters. The number of nitrogens with zero attached hydrogens (tertiary/aromatic N) is 3. The number of hydrogen-bond acceptors (Lipinski definition) is 7. The van der Waals surface area contributed by atoms with Gasteiger partial charge in [0.15, 0.2) is 0 Å². The monoisotopic (exact) mass is 518 g/mol. The van der Waals surface area contributed by atoms with Crippen LogP contribution in [0.1, 0.15) is 27.8 Å². The summed E-state index contributed by atoms with van der Waals surface area (Å²) in [6, 6.07) is 12.8. The molecule has 0 spiro atoms. The summed E-state index contributed by atoms with van der Waals surface area (Å²) in [5, 5.41) is 1.41. The molecule has 3 aromatic rings. The molecule has 0 bridgehead atoms. The second-order valence-electron chi connectivity index (χ2n) is 10.3. The second-order valence-corrected chi connectivity index (χ2v) is 10.7. The van der Waals surface area contributed by atoms with Crippen LogP contribution in [-0.2, 0) is 0 Å². The third kappa shape index (κ3) is 3.59. The number of amides is 2. The molecule has 3 fully saturated rings. The van der Waals surface area contributed by atoms with E-state index < -0.39 is 0 Å². The molecule has 4 aliphatic rings. The van der Waals surface area contributed by atoms with Gasteiger partial charge in [0.2, 0.25) is 0 Å². The van der Waals surface area contributed by atoms with Crippen molar-refractivity contribution >= 4 is 45.7 Å². The van der Waals surface area contributed by atoms with Crippen LogP contribution in [0.5, 0.6) is 5.75 Å². The predicted molar refractivity (Wildman–Crippen MR) is 141 cm³/mol. The van der Waals surface area contributed by atoms with Gasteiger partial charge in [0.05, 0.1) is 23.5 Å². The maximum Gasteiger partial charge on any atom is 0.272 e. The fourth-order valence-electron chi connectivity index (χ4n) is 6.66. The molecule has 1 aromatic heterocycles. The van der Waals surface area contributed by atoms with Crippen molar-refractivity contribution in [3.05, 3.63) is 58.7 Å². The summed E-state index contributed by atoms with van der Waals surface area (Å²) in [7, 11) is 0. The molecule has 37 heavy (non-hydrogen) atoms. The van der Waals surface area contributed by atoms with Gasteiger partial charge in [-0.3, -0.25) is 9.59 Å². The topological polar surface area (TPSA) is 98.8 Å². The molecule has 3 aliphatic heterocycles. The van der Waals surface area contributed by atoms with Crippen molar-refractivity contribution in [3.8, 4) is 5.75 Å². The largest absolute Gasteiger partial charge is 0.493 e. The van der Waals surface area contributed by atoms with Crippen LogP contribution in [0.25, 0.3) is 10.9 Å². The molecule has 1 saturated carbocycles. The maximum atomic E-state index is 13.5. The van der Waals surface area contributed by atoms with Gasteiger partial charge in [-0.1, -0.05) is 11.6 Å². The van der Waals surface area contributed by atoms with Gasteiger partial charge in [-0.25, -0.2) is 4.98 Å². The van der Waals surface area contributed by atoms with E-state index in [4.69, 9.17) is 16.3 Å². The molecule has 4 heterocycles. The van der Waals surface area contributed by atoms with E-state index in [-0.39, 0.29) is 11.8 Å². The smallest absolute Gasteiger partial charge is 0.272 e. The van der Waals surface area contributed by atoms with Gasteiger partial charge in [0, 0.05) is 48.2 Å². The number of halogens is 1. The molecule has 1 aliphatic carbocycles. The zero-order valence-corrected chi connectivity index (χ0v) is 21.1. The van der Waals surface area contributed by atoms with Crippen molar-refractivity contribution in [2.75, 3.05) is 43.6 Å². The number of ether oxygens (including phenoxy) is 1. The first-order valence-corrected chi connectivity index (χ1v) is 13.1. The molecule has 3 N–H and O–H groups in total. The number of carbonyl (C=O) groups is 2. The Bertz CT molecular complexity index is 1430. The van der Waals surface area contributed by atoms with Gasteiger partial charge < -0.3 is 25.4 Å². The lowest BCUT2D eigenvalue weighted by Gasteiger charge is -2.42. The minimum Gasteiger partial charge on any atom is -0.493 e. The van der Waals surface area contributed by atoms with Crippen molar-refractivity contribution in [3.63, 3.8) is 0 Å². The summed E-state index contributed by atoms with van der Waals surface area (Å²) in [5.74, 6) is 2.35. The van der Waals surface area contributed by atoms with Gasteiger partial charge in [-0.2, -0.15) is 0 Å². The number of fused-ring (bicyclic) bond motifs is 6. The minimum absolute atomic E-state index is 0.0638. The number of anilines is 2. The van der Waals surface area contributed by atoms with Crippen molar-refractivity contribution in [1.29, 1.82) is 0 Å². The highest BCUT2D eigenvalue weighted by Crippen LogP contribution is 2.54. The van der Waals surface area contributed by atoms with E-state index in [9.17, 15) is 9.59 Å².